The SMILES string of the molecule is CS(=O)(=O)Oc1c(C#N)c(C[C@@H](CC=O)c2ccc(Cl)c(Cl)c2)c2ccccc2c1C(N)=O. The molecule has 0 aliphatic rings. The highest BCUT2D eigenvalue weighted by Gasteiger charge is 2.28. The lowest BCUT2D eigenvalue weighted by Gasteiger charge is -2.21. The summed E-state index contributed by atoms with van der Waals surface area (Å²) in [5.74, 6) is -1.79. The second-order valence-electron chi connectivity index (χ2n) is 7.34. The molecule has 0 spiro atoms. The first-order valence-electron chi connectivity index (χ1n) is 9.62. The van der Waals surface area contributed by atoms with Crippen molar-refractivity contribution in [1.29, 1.82) is 5.26 Å². The van der Waals surface area contributed by atoms with Gasteiger partial charge in [0.15, 0.2) is 5.75 Å². The fourth-order valence-electron chi connectivity index (χ4n) is 3.76. The molecule has 33 heavy (non-hydrogen) atoms. The lowest BCUT2D eigenvalue weighted by atomic mass is 9.84. The number of nitrogens with zero attached hydrogens (tertiary/aromatic N) is 1. The molecule has 0 saturated heterocycles. The van der Waals surface area contributed by atoms with Crippen LogP contribution in [0.25, 0.3) is 10.8 Å². The van der Waals surface area contributed by atoms with Crippen LogP contribution >= 0.6 is 23.2 Å². The molecule has 3 aromatic rings. The van der Waals surface area contributed by atoms with E-state index in [4.69, 9.17) is 33.1 Å². The first kappa shape index (κ1) is 24.5. The van der Waals surface area contributed by atoms with Gasteiger partial charge in [-0.25, -0.2) is 0 Å². The summed E-state index contributed by atoms with van der Waals surface area (Å²) < 4.78 is 29.0. The third-order valence-corrected chi connectivity index (χ3v) is 6.33. The number of aldehydes is 1. The summed E-state index contributed by atoms with van der Waals surface area (Å²) in [5.41, 5.74) is 6.30. The van der Waals surface area contributed by atoms with E-state index in [9.17, 15) is 23.3 Å². The third kappa shape index (κ3) is 5.28. The van der Waals surface area contributed by atoms with Crippen LogP contribution in [0, 0.1) is 11.3 Å². The number of rotatable bonds is 8. The molecule has 1 atom stereocenters. The van der Waals surface area contributed by atoms with Crippen LogP contribution in [0.4, 0.5) is 0 Å². The predicted octanol–water partition coefficient (Wildman–Crippen LogP) is 4.37. The van der Waals surface area contributed by atoms with Crippen LogP contribution in [0.3, 0.4) is 0 Å². The fraction of sp³-hybridized carbons (Fsp3) is 0.174. The maximum absolute atomic E-state index is 12.3. The number of primary amides is 1. The van der Waals surface area contributed by atoms with Crippen molar-refractivity contribution in [3.8, 4) is 11.8 Å². The molecule has 0 bridgehead atoms. The third-order valence-electron chi connectivity index (χ3n) is 5.12. The zero-order chi connectivity index (χ0) is 24.3. The van der Waals surface area contributed by atoms with Gasteiger partial charge in [0.2, 0.25) is 0 Å². The van der Waals surface area contributed by atoms with Gasteiger partial charge in [-0.2, -0.15) is 13.7 Å². The minimum Gasteiger partial charge on any atom is -0.380 e. The lowest BCUT2D eigenvalue weighted by molar-refractivity contribution is -0.108. The molecule has 1 amide bonds. The second-order valence-corrected chi connectivity index (χ2v) is 9.73. The molecule has 10 heteroatoms. The quantitative estimate of drug-likeness (QED) is 0.358. The van der Waals surface area contributed by atoms with E-state index in [1.54, 1.807) is 42.5 Å². The van der Waals surface area contributed by atoms with Crippen LogP contribution in [0.2, 0.25) is 10.0 Å². The molecule has 3 aromatic carbocycles. The molecule has 0 aliphatic carbocycles. The highest BCUT2D eigenvalue weighted by molar-refractivity contribution is 7.86. The second kappa shape index (κ2) is 9.79. The van der Waals surface area contributed by atoms with E-state index < -0.39 is 27.7 Å². The van der Waals surface area contributed by atoms with Crippen LogP contribution in [-0.2, 0) is 21.3 Å². The van der Waals surface area contributed by atoms with Gasteiger partial charge in [-0.1, -0.05) is 53.5 Å². The van der Waals surface area contributed by atoms with Gasteiger partial charge in [-0.05, 0) is 46.4 Å². The molecule has 7 nitrogen and oxygen atoms in total. The number of hydrogen-bond donors (Lipinski definition) is 1. The zero-order valence-electron chi connectivity index (χ0n) is 17.3. The van der Waals surface area contributed by atoms with Crippen LogP contribution in [-0.4, -0.2) is 26.9 Å². The number of benzene rings is 3. The van der Waals surface area contributed by atoms with E-state index in [1.807, 2.05) is 6.07 Å². The average molecular weight is 505 g/mol. The number of nitrogens with two attached hydrogens (primary N) is 1. The summed E-state index contributed by atoms with van der Waals surface area (Å²) in [7, 11) is -4.10. The Labute approximate surface area is 200 Å². The van der Waals surface area contributed by atoms with Crippen LogP contribution in [0.15, 0.2) is 42.5 Å². The number of carbonyl (C=O) groups excluding carboxylic acids is 2. The molecule has 0 aliphatic heterocycles. The summed E-state index contributed by atoms with van der Waals surface area (Å²) in [6.45, 7) is 0. The van der Waals surface area contributed by atoms with Gasteiger partial charge in [0, 0.05) is 6.42 Å². The number of carbonyl (C=O) groups is 2. The highest BCUT2D eigenvalue weighted by Crippen LogP contribution is 2.39. The Morgan fingerprint density at radius 2 is 1.85 bits per heavy atom. The molecule has 0 aromatic heterocycles. The van der Waals surface area contributed by atoms with Crippen molar-refractivity contribution in [2.75, 3.05) is 6.26 Å². The predicted molar refractivity (Wildman–Crippen MR) is 126 cm³/mol. The van der Waals surface area contributed by atoms with Crippen LogP contribution in [0.5, 0.6) is 5.75 Å². The first-order valence-corrected chi connectivity index (χ1v) is 12.2. The summed E-state index contributed by atoms with van der Waals surface area (Å²) in [5, 5.41) is 11.5. The van der Waals surface area contributed by atoms with E-state index in [1.165, 1.54) is 0 Å². The van der Waals surface area contributed by atoms with Gasteiger partial charge in [0.25, 0.3) is 5.91 Å². The highest BCUT2D eigenvalue weighted by atomic mass is 35.5. The Morgan fingerprint density at radius 3 is 2.39 bits per heavy atom. The molecule has 0 heterocycles. The van der Waals surface area contributed by atoms with Crippen molar-refractivity contribution in [1.82, 2.24) is 0 Å². The summed E-state index contributed by atoms with van der Waals surface area (Å²) >= 11 is 12.2. The van der Waals surface area contributed by atoms with E-state index in [0.29, 0.717) is 31.9 Å². The lowest BCUT2D eigenvalue weighted by Crippen LogP contribution is -2.18. The minimum atomic E-state index is -4.10. The van der Waals surface area contributed by atoms with Crippen molar-refractivity contribution < 1.29 is 22.2 Å². The average Bonchev–Trinajstić information content (AvgIpc) is 2.74. The number of nitriles is 1. The van der Waals surface area contributed by atoms with Crippen molar-refractivity contribution in [2.24, 2.45) is 5.73 Å². The number of hydrogen-bond acceptors (Lipinski definition) is 6. The Morgan fingerprint density at radius 1 is 1.18 bits per heavy atom. The fourth-order valence-corrected chi connectivity index (χ4v) is 4.53. The zero-order valence-corrected chi connectivity index (χ0v) is 19.7. The van der Waals surface area contributed by atoms with E-state index in [-0.39, 0.29) is 24.0 Å². The molecule has 0 saturated carbocycles. The molecule has 0 fully saturated rings. The standard InChI is InChI=1S/C23H18Cl2N2O5S/c1-33(30,31)32-22-18(12-26)17(15-4-2-3-5-16(15)21(22)23(27)29)10-14(8-9-28)13-6-7-19(24)20(25)11-13/h2-7,9,11,14H,8,10H2,1H3,(H2,27,29)/t14-/m1/s1. The van der Waals surface area contributed by atoms with Gasteiger partial charge in [-0.15, -0.1) is 0 Å². The maximum Gasteiger partial charge on any atom is 0.306 e. The van der Waals surface area contributed by atoms with Crippen LogP contribution < -0.4 is 9.92 Å². The molecule has 0 unspecified atom stereocenters. The first-order chi connectivity index (χ1) is 15.6. The smallest absolute Gasteiger partial charge is 0.306 e. The molecule has 170 valence electrons. The Kier molecular flexibility index (Phi) is 7.28. The number of fused-ring (bicyclic) bond motifs is 1. The van der Waals surface area contributed by atoms with Crippen LogP contribution in [0.1, 0.15) is 39.4 Å². The normalized spacial score (nSPS) is 12.2. The molecule has 2 N–H and O–H groups in total. The maximum atomic E-state index is 12.3. The minimum absolute atomic E-state index is 0.0942. The Balaban J connectivity index is 2.34. The van der Waals surface area contributed by atoms with E-state index >= 15 is 0 Å². The number of halogens is 2. The van der Waals surface area contributed by atoms with Gasteiger partial charge < -0.3 is 14.7 Å². The van der Waals surface area contributed by atoms with Crippen molar-refractivity contribution in [3.05, 3.63) is 74.8 Å². The van der Waals surface area contributed by atoms with E-state index in [2.05, 4.69) is 0 Å². The Hall–Kier alpha value is -3.12. The molecule has 3 rings (SSSR count). The van der Waals surface area contributed by atoms with Gasteiger partial charge in [-0.3, -0.25) is 4.79 Å². The largest absolute Gasteiger partial charge is 0.380 e. The molecule has 0 radical (unpaired) electrons. The van der Waals surface area contributed by atoms with Crippen molar-refractivity contribution >= 4 is 56.3 Å². The summed E-state index contributed by atoms with van der Waals surface area (Å²) in [4.78, 5) is 23.7. The Bertz CT molecular complexity index is 1410. The molecular formula is C23H18Cl2N2O5S. The van der Waals surface area contributed by atoms with Crippen molar-refractivity contribution in [3.63, 3.8) is 0 Å². The van der Waals surface area contributed by atoms with Gasteiger partial charge in [0.1, 0.15) is 17.9 Å². The number of amides is 1. The van der Waals surface area contributed by atoms with Crippen molar-refractivity contribution in [2.45, 2.75) is 18.8 Å². The van der Waals surface area contributed by atoms with E-state index in [0.717, 1.165) is 12.5 Å². The van der Waals surface area contributed by atoms with Gasteiger partial charge >= 0.3 is 10.1 Å². The molecular weight excluding hydrogens is 487 g/mol. The summed E-state index contributed by atoms with van der Waals surface area (Å²) in [6.07, 6.45) is 1.79. The summed E-state index contributed by atoms with van der Waals surface area (Å²) in [6, 6.07) is 13.6. The monoisotopic (exact) mass is 504 g/mol. The topological polar surface area (TPSA) is 127 Å². The van der Waals surface area contributed by atoms with Gasteiger partial charge in [0.05, 0.1) is 21.9 Å².